The fourth-order valence-electron chi connectivity index (χ4n) is 3.79. The molecular formula is C30H28N2O5. The van der Waals surface area contributed by atoms with E-state index in [2.05, 4.69) is 10.5 Å². The number of carbonyl (C=O) groups is 2. The second-order valence-corrected chi connectivity index (χ2v) is 8.40. The van der Waals surface area contributed by atoms with Crippen molar-refractivity contribution in [3.05, 3.63) is 113 Å². The average molecular weight is 497 g/mol. The Morgan fingerprint density at radius 2 is 1.65 bits per heavy atom. The van der Waals surface area contributed by atoms with Gasteiger partial charge in [-0.15, -0.1) is 0 Å². The number of nitrogens with zero attached hydrogens (tertiary/aromatic N) is 1. The number of benzene rings is 3. The van der Waals surface area contributed by atoms with Gasteiger partial charge in [-0.1, -0.05) is 78.0 Å². The molecule has 1 amide bonds. The van der Waals surface area contributed by atoms with Gasteiger partial charge >= 0.3 is 5.97 Å². The molecule has 3 aromatic carbocycles. The van der Waals surface area contributed by atoms with Gasteiger partial charge in [0.25, 0.3) is 0 Å². The van der Waals surface area contributed by atoms with Crippen LogP contribution >= 0.6 is 0 Å². The summed E-state index contributed by atoms with van der Waals surface area (Å²) in [4.78, 5) is 24.6. The minimum absolute atomic E-state index is 0.313. The Hall–Kier alpha value is -4.65. The first-order valence-electron chi connectivity index (χ1n) is 11.9. The molecule has 0 fully saturated rings. The first kappa shape index (κ1) is 25.4. The number of aromatic nitrogens is 1. The smallest absolute Gasteiger partial charge is 0.328 e. The summed E-state index contributed by atoms with van der Waals surface area (Å²) >= 11 is 0. The molecule has 4 rings (SSSR count). The van der Waals surface area contributed by atoms with Gasteiger partial charge in [-0.05, 0) is 36.3 Å². The van der Waals surface area contributed by atoms with Gasteiger partial charge in [0, 0.05) is 18.1 Å². The number of rotatable bonds is 10. The number of ether oxygens (including phenoxy) is 2. The molecule has 1 atom stereocenters. The lowest BCUT2D eigenvalue weighted by Gasteiger charge is -2.15. The van der Waals surface area contributed by atoms with Gasteiger partial charge in [-0.2, -0.15) is 0 Å². The molecule has 4 aromatic rings. The number of amides is 1. The van der Waals surface area contributed by atoms with Crippen LogP contribution in [0, 0.1) is 6.92 Å². The molecule has 0 spiro atoms. The van der Waals surface area contributed by atoms with Gasteiger partial charge < -0.3 is 19.3 Å². The van der Waals surface area contributed by atoms with Crippen LogP contribution in [-0.4, -0.2) is 30.2 Å². The number of esters is 1. The van der Waals surface area contributed by atoms with Gasteiger partial charge in [0.15, 0.2) is 0 Å². The fourth-order valence-corrected chi connectivity index (χ4v) is 3.79. The Bertz CT molecular complexity index is 1350. The van der Waals surface area contributed by atoms with Crippen LogP contribution in [0.4, 0.5) is 0 Å². The Morgan fingerprint density at radius 1 is 0.973 bits per heavy atom. The van der Waals surface area contributed by atoms with Crippen molar-refractivity contribution in [2.75, 3.05) is 7.11 Å². The number of methoxy groups -OCH3 is 1. The molecule has 37 heavy (non-hydrogen) atoms. The minimum atomic E-state index is -0.776. The summed E-state index contributed by atoms with van der Waals surface area (Å²) in [6.07, 6.45) is 3.41. The van der Waals surface area contributed by atoms with E-state index >= 15 is 0 Å². The van der Waals surface area contributed by atoms with Crippen molar-refractivity contribution in [3.63, 3.8) is 0 Å². The van der Waals surface area contributed by atoms with E-state index in [9.17, 15) is 9.59 Å². The molecule has 0 bridgehead atoms. The third-order valence-electron chi connectivity index (χ3n) is 5.81. The fraction of sp³-hybridized carbons (Fsp3) is 0.167. The zero-order valence-electron chi connectivity index (χ0n) is 20.7. The lowest BCUT2D eigenvalue weighted by Crippen LogP contribution is -2.42. The highest BCUT2D eigenvalue weighted by molar-refractivity contribution is 5.94. The standard InChI is InChI=1S/C30H28N2O5/c1-21-26(29(32-37-21)24-11-7-4-8-12-24)20-36-25-16-13-22(14-17-25)15-18-28(33)31-27(30(34)35-2)19-23-9-5-3-6-10-23/h3-18,27H,19-20H2,1-2H3,(H,31,33)/b18-15+/t27-/m0/s1. The Balaban J connectivity index is 1.34. The van der Waals surface area contributed by atoms with E-state index in [4.69, 9.17) is 14.0 Å². The van der Waals surface area contributed by atoms with Gasteiger partial charge in [-0.3, -0.25) is 4.79 Å². The molecule has 0 aliphatic heterocycles. The SMILES string of the molecule is COC(=O)[C@H](Cc1ccccc1)NC(=O)/C=C/c1ccc(OCc2c(-c3ccccc3)noc2C)cc1. The van der Waals surface area contributed by atoms with E-state index in [1.54, 1.807) is 6.08 Å². The van der Waals surface area contributed by atoms with Crippen LogP contribution in [0.15, 0.2) is 95.5 Å². The normalized spacial score (nSPS) is 11.7. The van der Waals surface area contributed by atoms with Crippen molar-refractivity contribution >= 4 is 18.0 Å². The molecule has 1 heterocycles. The summed E-state index contributed by atoms with van der Waals surface area (Å²) in [6, 6.07) is 25.8. The van der Waals surface area contributed by atoms with Crippen molar-refractivity contribution in [3.8, 4) is 17.0 Å². The van der Waals surface area contributed by atoms with E-state index in [1.807, 2.05) is 91.9 Å². The second-order valence-electron chi connectivity index (χ2n) is 8.40. The van der Waals surface area contributed by atoms with Gasteiger partial charge in [0.2, 0.25) is 5.91 Å². The Labute approximate surface area is 215 Å². The molecular weight excluding hydrogens is 468 g/mol. The van der Waals surface area contributed by atoms with Crippen molar-refractivity contribution in [2.45, 2.75) is 26.0 Å². The molecule has 7 heteroatoms. The maximum absolute atomic E-state index is 12.5. The highest BCUT2D eigenvalue weighted by atomic mass is 16.5. The molecule has 0 aliphatic carbocycles. The topological polar surface area (TPSA) is 90.7 Å². The van der Waals surface area contributed by atoms with Crippen molar-refractivity contribution in [1.82, 2.24) is 10.5 Å². The number of carbonyl (C=O) groups excluding carboxylic acids is 2. The third-order valence-corrected chi connectivity index (χ3v) is 5.81. The van der Waals surface area contributed by atoms with Crippen LogP contribution in [-0.2, 0) is 27.4 Å². The molecule has 7 nitrogen and oxygen atoms in total. The Kier molecular flexibility index (Phi) is 8.49. The highest BCUT2D eigenvalue weighted by Crippen LogP contribution is 2.26. The first-order valence-corrected chi connectivity index (χ1v) is 11.9. The lowest BCUT2D eigenvalue weighted by atomic mass is 10.1. The maximum Gasteiger partial charge on any atom is 0.328 e. The largest absolute Gasteiger partial charge is 0.489 e. The monoisotopic (exact) mass is 496 g/mol. The molecule has 0 saturated carbocycles. The molecule has 0 aliphatic rings. The predicted octanol–water partition coefficient (Wildman–Crippen LogP) is 5.14. The molecule has 0 unspecified atom stereocenters. The van der Waals surface area contributed by atoms with E-state index in [0.29, 0.717) is 24.5 Å². The third kappa shape index (κ3) is 6.95. The summed E-state index contributed by atoms with van der Waals surface area (Å²) in [5.41, 5.74) is 4.36. The number of nitrogens with one attached hydrogen (secondary N) is 1. The van der Waals surface area contributed by atoms with Crippen LogP contribution in [0.5, 0.6) is 5.75 Å². The van der Waals surface area contributed by atoms with Crippen LogP contribution < -0.4 is 10.1 Å². The van der Waals surface area contributed by atoms with E-state index in [1.165, 1.54) is 13.2 Å². The lowest BCUT2D eigenvalue weighted by molar-refractivity contribution is -0.144. The van der Waals surface area contributed by atoms with Crippen molar-refractivity contribution in [2.24, 2.45) is 0 Å². The summed E-state index contributed by atoms with van der Waals surface area (Å²) < 4.78 is 16.2. The number of hydrogen-bond donors (Lipinski definition) is 1. The van der Waals surface area contributed by atoms with Crippen LogP contribution in [0.3, 0.4) is 0 Å². The number of aryl methyl sites for hydroxylation is 1. The van der Waals surface area contributed by atoms with Crippen molar-refractivity contribution in [1.29, 1.82) is 0 Å². The quantitative estimate of drug-likeness (QED) is 0.241. The highest BCUT2D eigenvalue weighted by Gasteiger charge is 2.21. The van der Waals surface area contributed by atoms with Crippen molar-refractivity contribution < 1.29 is 23.6 Å². The summed E-state index contributed by atoms with van der Waals surface area (Å²) in [5, 5.41) is 6.90. The van der Waals surface area contributed by atoms with Gasteiger partial charge in [0.1, 0.15) is 29.9 Å². The van der Waals surface area contributed by atoms with Crippen LogP contribution in [0.1, 0.15) is 22.5 Å². The zero-order valence-corrected chi connectivity index (χ0v) is 20.7. The predicted molar refractivity (Wildman–Crippen MR) is 141 cm³/mol. The van der Waals surface area contributed by atoms with Crippen LogP contribution in [0.25, 0.3) is 17.3 Å². The molecule has 0 saturated heterocycles. The Morgan fingerprint density at radius 3 is 2.32 bits per heavy atom. The van der Waals surface area contributed by atoms with Crippen LogP contribution in [0.2, 0.25) is 0 Å². The van der Waals surface area contributed by atoms with E-state index in [0.717, 1.165) is 27.9 Å². The van der Waals surface area contributed by atoms with Gasteiger partial charge in [-0.25, -0.2) is 4.79 Å². The maximum atomic E-state index is 12.5. The molecule has 1 aromatic heterocycles. The van der Waals surface area contributed by atoms with E-state index in [-0.39, 0.29) is 5.91 Å². The average Bonchev–Trinajstić information content (AvgIpc) is 3.31. The molecule has 188 valence electrons. The van der Waals surface area contributed by atoms with Gasteiger partial charge in [0.05, 0.1) is 12.7 Å². The second kappa shape index (κ2) is 12.4. The number of hydrogen-bond acceptors (Lipinski definition) is 6. The zero-order chi connectivity index (χ0) is 26.0. The first-order chi connectivity index (χ1) is 18.0. The summed E-state index contributed by atoms with van der Waals surface area (Å²) in [7, 11) is 1.30. The summed E-state index contributed by atoms with van der Waals surface area (Å²) in [5.74, 6) is 0.505. The molecule has 1 N–H and O–H groups in total. The minimum Gasteiger partial charge on any atom is -0.489 e. The molecule has 0 radical (unpaired) electrons. The van der Waals surface area contributed by atoms with E-state index < -0.39 is 12.0 Å². The summed E-state index contributed by atoms with van der Waals surface area (Å²) in [6.45, 7) is 2.18.